The van der Waals surface area contributed by atoms with E-state index in [0.29, 0.717) is 10.7 Å². The number of fused-ring (bicyclic) bond motifs is 2. The van der Waals surface area contributed by atoms with E-state index in [4.69, 9.17) is 0 Å². The summed E-state index contributed by atoms with van der Waals surface area (Å²) in [6.07, 6.45) is 3.31. The Labute approximate surface area is 149 Å². The number of benzene rings is 2. The van der Waals surface area contributed by atoms with E-state index in [1.807, 2.05) is 24.3 Å². The molecule has 2 aromatic carbocycles. The maximum atomic E-state index is 12.5. The first-order valence-corrected chi connectivity index (χ1v) is 9.01. The number of thiazole rings is 1. The minimum Gasteiger partial charge on any atom is -0.326 e. The fraction of sp³-hybridized carbons (Fsp3) is 0.211. The van der Waals surface area contributed by atoms with E-state index in [0.717, 1.165) is 35.2 Å². The third-order valence-electron chi connectivity index (χ3n) is 4.29. The molecule has 1 aromatic heterocycles. The van der Waals surface area contributed by atoms with Gasteiger partial charge in [-0.3, -0.25) is 14.9 Å². The summed E-state index contributed by atoms with van der Waals surface area (Å²) in [6, 6.07) is 11.4. The van der Waals surface area contributed by atoms with Crippen molar-refractivity contribution >= 4 is 44.2 Å². The molecule has 2 amide bonds. The van der Waals surface area contributed by atoms with Crippen LogP contribution in [0.1, 0.15) is 34.8 Å². The number of hydrogen-bond donors (Lipinski definition) is 2. The number of carbonyl (C=O) groups excluding carboxylic acids is 2. The monoisotopic (exact) mass is 351 g/mol. The number of amides is 2. The van der Waals surface area contributed by atoms with Crippen molar-refractivity contribution in [1.29, 1.82) is 0 Å². The average molecular weight is 351 g/mol. The van der Waals surface area contributed by atoms with Crippen molar-refractivity contribution in [2.75, 3.05) is 10.6 Å². The third kappa shape index (κ3) is 3.25. The summed E-state index contributed by atoms with van der Waals surface area (Å²) in [7, 11) is 0. The highest BCUT2D eigenvalue weighted by Gasteiger charge is 2.15. The molecule has 3 aromatic rings. The van der Waals surface area contributed by atoms with Gasteiger partial charge in [0.05, 0.1) is 10.2 Å². The Hall–Kier alpha value is -2.73. The lowest BCUT2D eigenvalue weighted by atomic mass is 10.1. The summed E-state index contributed by atoms with van der Waals surface area (Å²) in [5.41, 5.74) is 4.81. The number of hydrogen-bond acceptors (Lipinski definition) is 4. The second-order valence-corrected chi connectivity index (χ2v) is 7.20. The molecular weight excluding hydrogens is 334 g/mol. The van der Waals surface area contributed by atoms with Gasteiger partial charge in [0.15, 0.2) is 5.13 Å². The fourth-order valence-electron chi connectivity index (χ4n) is 3.14. The molecule has 25 heavy (non-hydrogen) atoms. The average Bonchev–Trinajstić information content (AvgIpc) is 3.18. The molecular formula is C19H17N3O2S. The summed E-state index contributed by atoms with van der Waals surface area (Å²) in [4.78, 5) is 28.1. The van der Waals surface area contributed by atoms with Gasteiger partial charge in [-0.2, -0.15) is 0 Å². The van der Waals surface area contributed by atoms with Crippen LogP contribution in [0.15, 0.2) is 36.4 Å². The van der Waals surface area contributed by atoms with Crippen LogP contribution in [0, 0.1) is 0 Å². The second-order valence-electron chi connectivity index (χ2n) is 6.17. The second kappa shape index (κ2) is 6.29. The highest BCUT2D eigenvalue weighted by molar-refractivity contribution is 7.22. The number of aryl methyl sites for hydroxylation is 2. The lowest BCUT2D eigenvalue weighted by molar-refractivity contribution is -0.114. The van der Waals surface area contributed by atoms with Crippen molar-refractivity contribution in [3.05, 3.63) is 53.1 Å². The van der Waals surface area contributed by atoms with Gasteiger partial charge in [0, 0.05) is 18.2 Å². The van der Waals surface area contributed by atoms with Crippen molar-refractivity contribution in [1.82, 2.24) is 4.98 Å². The molecule has 0 saturated carbocycles. The van der Waals surface area contributed by atoms with Crippen LogP contribution < -0.4 is 10.6 Å². The summed E-state index contributed by atoms with van der Waals surface area (Å²) >= 11 is 1.39. The molecule has 0 saturated heterocycles. The van der Waals surface area contributed by atoms with Gasteiger partial charge in [-0.1, -0.05) is 17.4 Å². The van der Waals surface area contributed by atoms with Crippen LogP contribution in [0.25, 0.3) is 10.2 Å². The molecule has 0 unspecified atom stereocenters. The van der Waals surface area contributed by atoms with Gasteiger partial charge in [-0.25, -0.2) is 4.98 Å². The molecule has 2 N–H and O–H groups in total. The maximum Gasteiger partial charge on any atom is 0.257 e. The number of nitrogens with zero attached hydrogens (tertiary/aromatic N) is 1. The van der Waals surface area contributed by atoms with E-state index in [1.165, 1.54) is 29.4 Å². The summed E-state index contributed by atoms with van der Waals surface area (Å²) in [5, 5.41) is 6.19. The molecule has 4 rings (SSSR count). The Balaban J connectivity index is 1.55. The van der Waals surface area contributed by atoms with Gasteiger partial charge >= 0.3 is 0 Å². The normalized spacial score (nSPS) is 12.8. The molecule has 1 aliphatic rings. The van der Waals surface area contributed by atoms with E-state index in [9.17, 15) is 9.59 Å². The Morgan fingerprint density at radius 2 is 1.88 bits per heavy atom. The maximum absolute atomic E-state index is 12.5. The van der Waals surface area contributed by atoms with Crippen LogP contribution >= 0.6 is 11.3 Å². The third-order valence-corrected chi connectivity index (χ3v) is 5.22. The van der Waals surface area contributed by atoms with E-state index in [2.05, 4.69) is 21.7 Å². The van der Waals surface area contributed by atoms with Crippen LogP contribution in [-0.2, 0) is 17.6 Å². The van der Waals surface area contributed by atoms with E-state index in [1.54, 1.807) is 6.07 Å². The van der Waals surface area contributed by atoms with Crippen molar-refractivity contribution < 1.29 is 9.59 Å². The van der Waals surface area contributed by atoms with E-state index < -0.39 is 0 Å². The van der Waals surface area contributed by atoms with Crippen LogP contribution in [0.3, 0.4) is 0 Å². The predicted octanol–water partition coefficient (Wildman–Crippen LogP) is 4.00. The van der Waals surface area contributed by atoms with E-state index >= 15 is 0 Å². The van der Waals surface area contributed by atoms with Crippen molar-refractivity contribution in [3.63, 3.8) is 0 Å². The number of anilines is 2. The number of aromatic nitrogens is 1. The SMILES string of the molecule is CC(=O)Nc1ccc2nc(NC(=O)c3ccc4c(c3)CCC4)sc2c1. The van der Waals surface area contributed by atoms with Gasteiger partial charge in [-0.15, -0.1) is 0 Å². The molecule has 0 atom stereocenters. The summed E-state index contributed by atoms with van der Waals surface area (Å²) in [6.45, 7) is 1.47. The van der Waals surface area contributed by atoms with Crippen LogP contribution in [0.4, 0.5) is 10.8 Å². The lowest BCUT2D eigenvalue weighted by Gasteiger charge is -2.04. The zero-order chi connectivity index (χ0) is 17.4. The predicted molar refractivity (Wildman–Crippen MR) is 100 cm³/mol. The highest BCUT2D eigenvalue weighted by atomic mass is 32.1. The Bertz CT molecular complexity index is 993. The van der Waals surface area contributed by atoms with Gasteiger partial charge < -0.3 is 5.32 Å². The first kappa shape index (κ1) is 15.8. The number of carbonyl (C=O) groups is 2. The quantitative estimate of drug-likeness (QED) is 0.749. The standard InChI is InChI=1S/C19H17N3O2S/c1-11(23)20-15-7-8-16-17(10-15)25-19(21-16)22-18(24)14-6-5-12-3-2-4-13(12)9-14/h5-10H,2-4H2,1H3,(H,20,23)(H,21,22,24). The zero-order valence-corrected chi connectivity index (χ0v) is 14.6. The van der Waals surface area contributed by atoms with Crippen molar-refractivity contribution in [2.24, 2.45) is 0 Å². The molecule has 1 heterocycles. The molecule has 0 aliphatic heterocycles. The van der Waals surface area contributed by atoms with E-state index in [-0.39, 0.29) is 11.8 Å². The minimum absolute atomic E-state index is 0.117. The lowest BCUT2D eigenvalue weighted by Crippen LogP contribution is -2.12. The molecule has 6 heteroatoms. The van der Waals surface area contributed by atoms with Gasteiger partial charge in [0.2, 0.25) is 5.91 Å². The first-order valence-electron chi connectivity index (χ1n) is 8.20. The van der Waals surface area contributed by atoms with Crippen molar-refractivity contribution in [3.8, 4) is 0 Å². The molecule has 1 aliphatic carbocycles. The summed E-state index contributed by atoms with van der Waals surface area (Å²) in [5.74, 6) is -0.259. The molecule has 0 fully saturated rings. The van der Waals surface area contributed by atoms with Crippen LogP contribution in [-0.4, -0.2) is 16.8 Å². The van der Waals surface area contributed by atoms with Gasteiger partial charge in [0.1, 0.15) is 0 Å². The smallest absolute Gasteiger partial charge is 0.257 e. The molecule has 5 nitrogen and oxygen atoms in total. The molecule has 0 radical (unpaired) electrons. The number of rotatable bonds is 3. The van der Waals surface area contributed by atoms with Crippen molar-refractivity contribution in [2.45, 2.75) is 26.2 Å². The van der Waals surface area contributed by atoms with Gasteiger partial charge in [-0.05, 0) is 60.7 Å². The largest absolute Gasteiger partial charge is 0.326 e. The highest BCUT2D eigenvalue weighted by Crippen LogP contribution is 2.29. The molecule has 0 spiro atoms. The van der Waals surface area contributed by atoms with Gasteiger partial charge in [0.25, 0.3) is 5.91 Å². The molecule has 126 valence electrons. The Kier molecular flexibility index (Phi) is 3.97. The summed E-state index contributed by atoms with van der Waals surface area (Å²) < 4.78 is 0.913. The Morgan fingerprint density at radius 3 is 2.72 bits per heavy atom. The fourth-order valence-corrected chi connectivity index (χ4v) is 4.04. The van der Waals surface area contributed by atoms with Crippen LogP contribution in [0.5, 0.6) is 0 Å². The number of nitrogens with one attached hydrogen (secondary N) is 2. The molecule has 0 bridgehead atoms. The van der Waals surface area contributed by atoms with Crippen LogP contribution in [0.2, 0.25) is 0 Å². The zero-order valence-electron chi connectivity index (χ0n) is 13.8. The topological polar surface area (TPSA) is 71.1 Å². The first-order chi connectivity index (χ1) is 12.1. The Morgan fingerprint density at radius 1 is 1.04 bits per heavy atom. The minimum atomic E-state index is -0.143.